The molecule has 1 atom stereocenters. The number of hydrogen-bond acceptors (Lipinski definition) is 5. The summed E-state index contributed by atoms with van der Waals surface area (Å²) in [5.74, 6) is -0.991. The van der Waals surface area contributed by atoms with Crippen molar-refractivity contribution in [3.05, 3.63) is 23.3 Å². The van der Waals surface area contributed by atoms with E-state index >= 15 is 0 Å². The highest BCUT2D eigenvalue weighted by atomic mass is 16.5. The molecule has 1 aliphatic rings. The van der Waals surface area contributed by atoms with Gasteiger partial charge in [-0.2, -0.15) is 0 Å². The average Bonchev–Trinajstić information content (AvgIpc) is 2.67. The van der Waals surface area contributed by atoms with Crippen LogP contribution in [-0.2, 0) is 9.59 Å². The number of carbonyl (C=O) groups is 3. The monoisotopic (exact) mass is 378 g/mol. The summed E-state index contributed by atoms with van der Waals surface area (Å²) >= 11 is 0. The highest BCUT2D eigenvalue weighted by Crippen LogP contribution is 2.30. The Morgan fingerprint density at radius 3 is 2.33 bits per heavy atom. The molecule has 148 valence electrons. The van der Waals surface area contributed by atoms with Crippen LogP contribution in [0.15, 0.2) is 12.1 Å². The maximum absolute atomic E-state index is 12.7. The molecule has 1 heterocycles. The van der Waals surface area contributed by atoms with E-state index in [1.165, 1.54) is 31.1 Å². The molecule has 2 rings (SSSR count). The Balaban J connectivity index is 2.09. The Morgan fingerprint density at radius 2 is 1.81 bits per heavy atom. The highest BCUT2D eigenvalue weighted by molar-refractivity contribution is 5.97. The molecule has 0 aromatic heterocycles. The molecule has 1 fully saturated rings. The molecule has 1 aromatic carbocycles. The van der Waals surface area contributed by atoms with Crippen LogP contribution in [0.3, 0.4) is 0 Å². The first-order valence-electron chi connectivity index (χ1n) is 8.77. The quantitative estimate of drug-likeness (QED) is 0.804. The first-order valence-corrected chi connectivity index (χ1v) is 8.77. The van der Waals surface area contributed by atoms with Gasteiger partial charge in [-0.05, 0) is 31.9 Å². The summed E-state index contributed by atoms with van der Waals surface area (Å²) in [6.45, 7) is 2.40. The number of amides is 2. The minimum atomic E-state index is -0.893. The van der Waals surface area contributed by atoms with Gasteiger partial charge in [0.15, 0.2) is 0 Å². The van der Waals surface area contributed by atoms with Gasteiger partial charge in [0.1, 0.15) is 11.5 Å². The molecule has 1 unspecified atom stereocenters. The van der Waals surface area contributed by atoms with Crippen LogP contribution >= 0.6 is 0 Å². The molecule has 27 heavy (non-hydrogen) atoms. The summed E-state index contributed by atoms with van der Waals surface area (Å²) < 4.78 is 10.6. The summed E-state index contributed by atoms with van der Waals surface area (Å²) in [5, 5.41) is 9.15. The number of rotatable bonds is 6. The van der Waals surface area contributed by atoms with Crippen molar-refractivity contribution in [3.63, 3.8) is 0 Å². The number of methoxy groups -OCH3 is 2. The van der Waals surface area contributed by atoms with Gasteiger partial charge in [-0.1, -0.05) is 0 Å². The summed E-state index contributed by atoms with van der Waals surface area (Å²) in [6.07, 6.45) is 1.21. The smallest absolute Gasteiger partial charge is 0.308 e. The van der Waals surface area contributed by atoms with Crippen molar-refractivity contribution in [1.29, 1.82) is 0 Å². The van der Waals surface area contributed by atoms with Gasteiger partial charge in [0.2, 0.25) is 5.91 Å². The first kappa shape index (κ1) is 20.5. The van der Waals surface area contributed by atoms with E-state index in [4.69, 9.17) is 14.6 Å². The number of benzene rings is 1. The molecule has 0 saturated carbocycles. The van der Waals surface area contributed by atoms with Crippen LogP contribution in [0.25, 0.3) is 0 Å². The second-order valence-electron chi connectivity index (χ2n) is 6.68. The number of nitrogens with zero attached hydrogens (tertiary/aromatic N) is 2. The number of piperidine rings is 1. The lowest BCUT2D eigenvalue weighted by Gasteiger charge is -2.32. The first-order chi connectivity index (χ1) is 12.8. The number of hydrogen-bond donors (Lipinski definition) is 1. The lowest BCUT2D eigenvalue weighted by Crippen LogP contribution is -2.46. The van der Waals surface area contributed by atoms with E-state index < -0.39 is 11.9 Å². The third kappa shape index (κ3) is 4.69. The zero-order valence-electron chi connectivity index (χ0n) is 16.2. The lowest BCUT2D eigenvalue weighted by atomic mass is 9.98. The van der Waals surface area contributed by atoms with Crippen molar-refractivity contribution in [2.24, 2.45) is 5.92 Å². The topological polar surface area (TPSA) is 96.4 Å². The normalized spacial score (nSPS) is 16.6. The van der Waals surface area contributed by atoms with Crippen molar-refractivity contribution in [2.75, 3.05) is 40.9 Å². The van der Waals surface area contributed by atoms with Crippen molar-refractivity contribution < 1.29 is 29.0 Å². The lowest BCUT2D eigenvalue weighted by molar-refractivity contribution is -0.145. The minimum Gasteiger partial charge on any atom is -0.496 e. The van der Waals surface area contributed by atoms with Crippen molar-refractivity contribution in [3.8, 4) is 11.5 Å². The van der Waals surface area contributed by atoms with Crippen LogP contribution in [0.1, 0.15) is 28.8 Å². The fourth-order valence-corrected chi connectivity index (χ4v) is 3.21. The maximum atomic E-state index is 12.7. The molecule has 1 saturated heterocycles. The summed E-state index contributed by atoms with van der Waals surface area (Å²) in [7, 11) is 4.56. The Bertz CT molecular complexity index is 708. The van der Waals surface area contributed by atoms with E-state index in [-0.39, 0.29) is 24.9 Å². The molecule has 0 aliphatic carbocycles. The van der Waals surface area contributed by atoms with Crippen LogP contribution in [0.4, 0.5) is 0 Å². The van der Waals surface area contributed by atoms with Crippen LogP contribution in [-0.4, -0.2) is 73.6 Å². The molecule has 2 amide bonds. The molecule has 8 nitrogen and oxygen atoms in total. The Labute approximate surface area is 158 Å². The van der Waals surface area contributed by atoms with Gasteiger partial charge in [-0.3, -0.25) is 14.4 Å². The van der Waals surface area contributed by atoms with Gasteiger partial charge in [-0.25, -0.2) is 0 Å². The van der Waals surface area contributed by atoms with E-state index in [2.05, 4.69) is 0 Å². The van der Waals surface area contributed by atoms with E-state index in [0.717, 1.165) is 5.56 Å². The fraction of sp³-hybridized carbons (Fsp3) is 0.526. The third-order valence-corrected chi connectivity index (χ3v) is 4.84. The number of carboxylic acid groups (broad SMARTS) is 1. The second-order valence-corrected chi connectivity index (χ2v) is 6.68. The third-order valence-electron chi connectivity index (χ3n) is 4.84. The van der Waals surface area contributed by atoms with Gasteiger partial charge in [0, 0.05) is 31.3 Å². The molecular weight excluding hydrogens is 352 g/mol. The molecule has 1 aliphatic heterocycles. The second kappa shape index (κ2) is 8.75. The number of aliphatic carboxylic acids is 1. The Hall–Kier alpha value is -2.77. The predicted molar refractivity (Wildman–Crippen MR) is 98.2 cm³/mol. The van der Waals surface area contributed by atoms with Crippen LogP contribution < -0.4 is 9.47 Å². The fourth-order valence-electron chi connectivity index (χ4n) is 3.21. The predicted octanol–water partition coefficient (Wildman–Crippen LogP) is 1.41. The molecule has 1 aromatic rings. The molecule has 8 heteroatoms. The number of likely N-dealkylation sites (tertiary alicyclic amines) is 1. The molecular formula is C19H26N2O6. The number of carboxylic acids is 1. The number of likely N-dealkylation sites (N-methyl/N-ethyl adjacent to an activating group) is 1. The average molecular weight is 378 g/mol. The maximum Gasteiger partial charge on any atom is 0.308 e. The minimum absolute atomic E-state index is 0.121. The van der Waals surface area contributed by atoms with Gasteiger partial charge in [0.05, 0.1) is 26.7 Å². The van der Waals surface area contributed by atoms with E-state index in [1.807, 2.05) is 6.92 Å². The van der Waals surface area contributed by atoms with Gasteiger partial charge >= 0.3 is 5.97 Å². The number of carbonyl (C=O) groups excluding carboxylic acids is 2. The van der Waals surface area contributed by atoms with Crippen LogP contribution in [0, 0.1) is 12.8 Å². The Kier molecular flexibility index (Phi) is 6.65. The largest absolute Gasteiger partial charge is 0.496 e. The summed E-state index contributed by atoms with van der Waals surface area (Å²) in [4.78, 5) is 39.2. The Morgan fingerprint density at radius 1 is 1.22 bits per heavy atom. The van der Waals surface area contributed by atoms with Gasteiger partial charge in [-0.15, -0.1) is 0 Å². The van der Waals surface area contributed by atoms with E-state index in [9.17, 15) is 14.4 Å². The van der Waals surface area contributed by atoms with Gasteiger partial charge in [0.25, 0.3) is 5.91 Å². The van der Waals surface area contributed by atoms with Crippen molar-refractivity contribution in [2.45, 2.75) is 19.8 Å². The SMILES string of the molecule is COc1cc(C(=O)N(C)CC(=O)N2CCCC(C(=O)O)C2)cc(OC)c1C. The number of ether oxygens (including phenoxy) is 2. The molecule has 1 N–H and O–H groups in total. The highest BCUT2D eigenvalue weighted by Gasteiger charge is 2.29. The molecule has 0 bridgehead atoms. The zero-order chi connectivity index (χ0) is 20.1. The van der Waals surface area contributed by atoms with Crippen LogP contribution in [0.2, 0.25) is 0 Å². The van der Waals surface area contributed by atoms with Crippen molar-refractivity contribution in [1.82, 2.24) is 9.80 Å². The van der Waals surface area contributed by atoms with E-state index in [1.54, 1.807) is 12.1 Å². The standard InChI is InChI=1S/C19H26N2O6/c1-12-15(26-3)8-14(9-16(12)27-4)18(23)20(2)11-17(22)21-7-5-6-13(10-21)19(24)25/h8-9,13H,5-7,10-11H2,1-4H3,(H,24,25). The van der Waals surface area contributed by atoms with Crippen molar-refractivity contribution >= 4 is 17.8 Å². The van der Waals surface area contributed by atoms with Crippen LogP contribution in [0.5, 0.6) is 11.5 Å². The van der Waals surface area contributed by atoms with Gasteiger partial charge < -0.3 is 24.4 Å². The summed E-state index contributed by atoms with van der Waals surface area (Å²) in [6, 6.07) is 3.23. The van der Waals surface area contributed by atoms with E-state index in [0.29, 0.717) is 36.4 Å². The zero-order valence-corrected chi connectivity index (χ0v) is 16.2. The summed E-state index contributed by atoms with van der Waals surface area (Å²) in [5.41, 5.74) is 1.13. The molecule has 0 radical (unpaired) electrons. The molecule has 0 spiro atoms.